The second-order valence-corrected chi connectivity index (χ2v) is 3.97. The van der Waals surface area contributed by atoms with Crippen LogP contribution >= 0.6 is 15.9 Å². The summed E-state index contributed by atoms with van der Waals surface area (Å²) in [5, 5.41) is 3.41. The molecule has 0 unspecified atom stereocenters. The number of hydrogen-bond donors (Lipinski definition) is 1. The molecule has 0 bridgehead atoms. The number of nitrogens with one attached hydrogen (secondary N) is 1. The van der Waals surface area contributed by atoms with Crippen molar-refractivity contribution in [3.8, 4) is 0 Å². The number of amides is 1. The summed E-state index contributed by atoms with van der Waals surface area (Å²) < 4.78 is 4.47. The van der Waals surface area contributed by atoms with E-state index < -0.39 is 0 Å². The Kier molecular flexibility index (Phi) is 5.69. The Balaban J connectivity index is 2.44. The van der Waals surface area contributed by atoms with Gasteiger partial charge in [-0.25, -0.2) is 0 Å². The molecule has 0 aliphatic rings. The van der Waals surface area contributed by atoms with Gasteiger partial charge in [-0.1, -0.05) is 28.1 Å². The Morgan fingerprint density at radius 1 is 1.29 bits per heavy atom. The number of rotatable bonds is 5. The van der Waals surface area contributed by atoms with E-state index >= 15 is 0 Å². The normalized spacial score (nSPS) is 9.76. The van der Waals surface area contributed by atoms with E-state index in [9.17, 15) is 9.59 Å². The minimum Gasteiger partial charge on any atom is -0.469 e. The lowest BCUT2D eigenvalue weighted by Crippen LogP contribution is -2.26. The van der Waals surface area contributed by atoms with Gasteiger partial charge in [0.25, 0.3) is 5.91 Å². The first kappa shape index (κ1) is 13.7. The van der Waals surface area contributed by atoms with Crippen molar-refractivity contribution < 1.29 is 14.3 Å². The van der Waals surface area contributed by atoms with Gasteiger partial charge < -0.3 is 10.1 Å². The van der Waals surface area contributed by atoms with Gasteiger partial charge in [-0.3, -0.25) is 9.59 Å². The van der Waals surface area contributed by atoms with Crippen molar-refractivity contribution in [1.82, 2.24) is 5.32 Å². The summed E-state index contributed by atoms with van der Waals surface area (Å²) in [6.07, 6.45) is 0.182. The Hall–Kier alpha value is -1.36. The van der Waals surface area contributed by atoms with Crippen molar-refractivity contribution in [2.24, 2.45) is 0 Å². The lowest BCUT2D eigenvalue weighted by Gasteiger charge is -2.04. The van der Waals surface area contributed by atoms with Crippen LogP contribution in [0.5, 0.6) is 0 Å². The number of ether oxygens (including phenoxy) is 1. The minimum atomic E-state index is -0.333. The molecule has 17 heavy (non-hydrogen) atoms. The molecule has 0 aliphatic carbocycles. The molecule has 1 amide bonds. The average Bonchev–Trinajstić information content (AvgIpc) is 2.38. The van der Waals surface area contributed by atoms with Crippen LogP contribution in [0.15, 0.2) is 24.3 Å². The largest absolute Gasteiger partial charge is 0.469 e. The molecule has 0 aliphatic heterocycles. The van der Waals surface area contributed by atoms with E-state index in [1.807, 2.05) is 12.1 Å². The number of halogens is 1. The summed E-state index contributed by atoms with van der Waals surface area (Å²) in [5.74, 6) is -0.519. The van der Waals surface area contributed by atoms with Crippen LogP contribution in [0, 0.1) is 0 Å². The molecule has 0 fully saturated rings. The maximum Gasteiger partial charge on any atom is 0.307 e. The summed E-state index contributed by atoms with van der Waals surface area (Å²) in [7, 11) is 1.32. The zero-order valence-corrected chi connectivity index (χ0v) is 11.1. The summed E-state index contributed by atoms with van der Waals surface area (Å²) in [6, 6.07) is 7.27. The summed E-state index contributed by atoms with van der Waals surface area (Å²) in [5.41, 5.74) is 1.69. The van der Waals surface area contributed by atoms with Gasteiger partial charge in [-0.2, -0.15) is 0 Å². The predicted octanol–water partition coefficient (Wildman–Crippen LogP) is 1.87. The topological polar surface area (TPSA) is 55.4 Å². The van der Waals surface area contributed by atoms with Crippen LogP contribution in [0.2, 0.25) is 0 Å². The highest BCUT2D eigenvalue weighted by atomic mass is 79.9. The van der Waals surface area contributed by atoms with Crippen LogP contribution in [-0.2, 0) is 14.9 Å². The molecule has 0 aromatic heterocycles. The number of esters is 1. The lowest BCUT2D eigenvalue weighted by atomic mass is 10.1. The Bertz CT molecular complexity index is 389. The average molecular weight is 300 g/mol. The number of hydrogen-bond acceptors (Lipinski definition) is 3. The maximum atomic E-state index is 11.6. The van der Waals surface area contributed by atoms with Gasteiger partial charge in [0, 0.05) is 17.4 Å². The van der Waals surface area contributed by atoms with E-state index in [2.05, 4.69) is 26.0 Å². The molecule has 1 rings (SSSR count). The van der Waals surface area contributed by atoms with Crippen LogP contribution in [0.25, 0.3) is 0 Å². The van der Waals surface area contributed by atoms with Gasteiger partial charge in [0.15, 0.2) is 0 Å². The molecule has 0 spiro atoms. The van der Waals surface area contributed by atoms with E-state index in [0.717, 1.165) is 10.9 Å². The number of carbonyl (C=O) groups excluding carboxylic acids is 2. The molecule has 0 atom stereocenters. The quantitative estimate of drug-likeness (QED) is 0.667. The van der Waals surface area contributed by atoms with E-state index in [4.69, 9.17) is 0 Å². The van der Waals surface area contributed by atoms with Gasteiger partial charge in [0.2, 0.25) is 0 Å². The molecule has 0 heterocycles. The molecular weight excluding hydrogens is 286 g/mol. The molecule has 92 valence electrons. The van der Waals surface area contributed by atoms with Crippen molar-refractivity contribution in [1.29, 1.82) is 0 Å². The highest BCUT2D eigenvalue weighted by molar-refractivity contribution is 9.08. The smallest absolute Gasteiger partial charge is 0.307 e. The second kappa shape index (κ2) is 7.06. The summed E-state index contributed by atoms with van der Waals surface area (Å²) in [4.78, 5) is 22.5. The number of benzene rings is 1. The lowest BCUT2D eigenvalue weighted by molar-refractivity contribution is -0.140. The second-order valence-electron chi connectivity index (χ2n) is 3.41. The van der Waals surface area contributed by atoms with E-state index in [1.54, 1.807) is 12.1 Å². The highest BCUT2D eigenvalue weighted by Gasteiger charge is 2.06. The third-order valence-electron chi connectivity index (χ3n) is 2.21. The van der Waals surface area contributed by atoms with Gasteiger partial charge in [-0.15, -0.1) is 0 Å². The van der Waals surface area contributed by atoms with Gasteiger partial charge in [-0.05, 0) is 17.7 Å². The first-order chi connectivity index (χ1) is 8.17. The van der Waals surface area contributed by atoms with E-state index in [0.29, 0.717) is 5.56 Å². The maximum absolute atomic E-state index is 11.6. The van der Waals surface area contributed by atoms with Crippen molar-refractivity contribution in [2.45, 2.75) is 11.8 Å². The molecule has 1 aromatic rings. The highest BCUT2D eigenvalue weighted by Crippen LogP contribution is 2.07. The van der Waals surface area contributed by atoms with Crippen LogP contribution in [0.1, 0.15) is 22.3 Å². The van der Waals surface area contributed by atoms with Crippen LogP contribution in [0.3, 0.4) is 0 Å². The van der Waals surface area contributed by atoms with Crippen molar-refractivity contribution in [2.75, 3.05) is 13.7 Å². The van der Waals surface area contributed by atoms with Gasteiger partial charge in [0.1, 0.15) is 0 Å². The number of methoxy groups -OCH3 is 1. The van der Waals surface area contributed by atoms with Crippen LogP contribution in [-0.4, -0.2) is 25.5 Å². The number of carbonyl (C=O) groups is 2. The first-order valence-corrected chi connectivity index (χ1v) is 6.29. The Morgan fingerprint density at radius 2 is 1.94 bits per heavy atom. The third kappa shape index (κ3) is 4.56. The van der Waals surface area contributed by atoms with E-state index in [1.165, 1.54) is 7.11 Å². The SMILES string of the molecule is COC(=O)CCNC(=O)c1ccc(CBr)cc1. The monoisotopic (exact) mass is 299 g/mol. The standard InChI is InChI=1S/C12H14BrNO3/c1-17-11(15)6-7-14-12(16)10-4-2-9(8-13)3-5-10/h2-5H,6-8H2,1H3,(H,14,16). The fraction of sp³-hybridized carbons (Fsp3) is 0.333. The van der Waals surface area contributed by atoms with Gasteiger partial charge >= 0.3 is 5.97 Å². The fourth-order valence-electron chi connectivity index (χ4n) is 1.23. The molecule has 5 heteroatoms. The van der Waals surface area contributed by atoms with Crippen molar-refractivity contribution in [3.05, 3.63) is 35.4 Å². The molecule has 1 aromatic carbocycles. The first-order valence-electron chi connectivity index (χ1n) is 5.17. The van der Waals surface area contributed by atoms with Crippen molar-refractivity contribution in [3.63, 3.8) is 0 Å². The molecule has 0 radical (unpaired) electrons. The van der Waals surface area contributed by atoms with Crippen LogP contribution in [0.4, 0.5) is 0 Å². The van der Waals surface area contributed by atoms with Crippen molar-refractivity contribution >= 4 is 27.8 Å². The fourth-order valence-corrected chi connectivity index (χ4v) is 1.60. The third-order valence-corrected chi connectivity index (χ3v) is 2.86. The van der Waals surface area contributed by atoms with E-state index in [-0.39, 0.29) is 24.8 Å². The summed E-state index contributed by atoms with van der Waals surface area (Å²) in [6.45, 7) is 0.283. The predicted molar refractivity (Wildman–Crippen MR) is 68.0 cm³/mol. The molecule has 4 nitrogen and oxygen atoms in total. The zero-order chi connectivity index (χ0) is 12.7. The molecule has 1 N–H and O–H groups in total. The minimum absolute atomic E-state index is 0.182. The molecule has 0 saturated carbocycles. The Morgan fingerprint density at radius 3 is 2.47 bits per heavy atom. The Labute approximate surface area is 108 Å². The molecular formula is C12H14BrNO3. The zero-order valence-electron chi connectivity index (χ0n) is 9.53. The molecule has 0 saturated heterocycles. The van der Waals surface area contributed by atoms with Gasteiger partial charge in [0.05, 0.1) is 13.5 Å². The van der Waals surface area contributed by atoms with Crippen LogP contribution < -0.4 is 5.32 Å². The summed E-state index contributed by atoms with van der Waals surface area (Å²) >= 11 is 3.33. The number of alkyl halides is 1.